The molecule has 0 atom stereocenters. The Morgan fingerprint density at radius 1 is 1.54 bits per heavy atom. The van der Waals surface area contributed by atoms with Gasteiger partial charge in [0.25, 0.3) is 5.95 Å². The molecule has 0 spiro atoms. The molecule has 0 unspecified atom stereocenters. The lowest BCUT2D eigenvalue weighted by Crippen LogP contribution is -2.34. The van der Waals surface area contributed by atoms with E-state index in [9.17, 15) is 8.42 Å². The number of anilines is 1. The van der Waals surface area contributed by atoms with Crippen LogP contribution < -0.4 is 15.2 Å². The Morgan fingerprint density at radius 3 is 2.85 bits per heavy atom. The van der Waals surface area contributed by atoms with Gasteiger partial charge in [0.2, 0.25) is 0 Å². The highest BCUT2D eigenvalue weighted by molar-refractivity contribution is 7.90. The smallest absolute Gasteiger partial charge is 0.301 e. The van der Waals surface area contributed by atoms with Crippen LogP contribution in [-0.2, 0) is 10.2 Å². The number of nitrogens with one attached hydrogen (secondary N) is 3. The number of rotatable bonds is 5. The predicted molar refractivity (Wildman–Crippen MR) is 43.8 cm³/mol. The lowest BCUT2D eigenvalue weighted by atomic mass is 10.7. The fraction of sp³-hybridized carbons (Fsp3) is 0.667. The van der Waals surface area contributed by atoms with E-state index in [1.54, 1.807) is 0 Å². The van der Waals surface area contributed by atoms with Crippen LogP contribution in [0.5, 0.6) is 0 Å². The molecule has 74 valence electrons. The summed E-state index contributed by atoms with van der Waals surface area (Å²) in [4.78, 5) is 0. The molecule has 0 aliphatic rings. The molecular formula is C3H9N7O2S. The van der Waals surface area contributed by atoms with E-state index in [-0.39, 0.29) is 19.0 Å². The van der Waals surface area contributed by atoms with Crippen LogP contribution in [0, 0.1) is 0 Å². The van der Waals surface area contributed by atoms with Gasteiger partial charge >= 0.3 is 10.2 Å². The summed E-state index contributed by atoms with van der Waals surface area (Å²) in [5.74, 6) is -0.121. The molecule has 1 rings (SSSR count). The molecule has 5 N–H and O–H groups in total. The van der Waals surface area contributed by atoms with Gasteiger partial charge in [0.05, 0.1) is 0 Å². The van der Waals surface area contributed by atoms with Gasteiger partial charge in [-0.15, -0.1) is 5.10 Å². The molecule has 0 saturated carbocycles. The molecule has 0 aliphatic heterocycles. The largest absolute Gasteiger partial charge is 0.329 e. The van der Waals surface area contributed by atoms with Crippen LogP contribution in [-0.4, -0.2) is 42.1 Å². The molecule has 1 heterocycles. The number of hydrogen-bond donors (Lipinski definition) is 4. The molecular weight excluding hydrogens is 198 g/mol. The number of hydrogen-bond acceptors (Lipinski definition) is 6. The Hall–Kier alpha value is -1.26. The third kappa shape index (κ3) is 3.31. The Labute approximate surface area is 74.3 Å². The van der Waals surface area contributed by atoms with Crippen molar-refractivity contribution in [1.82, 2.24) is 25.3 Å². The van der Waals surface area contributed by atoms with Crippen molar-refractivity contribution in [2.75, 3.05) is 17.8 Å². The highest BCUT2D eigenvalue weighted by Crippen LogP contribution is 1.93. The molecule has 9 nitrogen and oxygen atoms in total. The SMILES string of the molecule is NCCNS(=O)(=O)Nc1nn[nH]n1. The standard InChI is InChI=1S/C3H9N7O2S/c4-1-2-5-13(11,12)8-3-6-9-10-7-3/h5H,1-2,4H2,(H2,6,7,8,9,10). The maximum absolute atomic E-state index is 11.1. The van der Waals surface area contributed by atoms with Crippen LogP contribution in [0.2, 0.25) is 0 Å². The van der Waals surface area contributed by atoms with Crippen molar-refractivity contribution in [3.8, 4) is 0 Å². The monoisotopic (exact) mass is 207 g/mol. The van der Waals surface area contributed by atoms with Crippen LogP contribution in [0.1, 0.15) is 0 Å². The van der Waals surface area contributed by atoms with Gasteiger partial charge in [-0.3, -0.25) is 0 Å². The van der Waals surface area contributed by atoms with Gasteiger partial charge < -0.3 is 5.73 Å². The second-order valence-corrected chi connectivity index (χ2v) is 3.52. The molecule has 0 amide bonds. The summed E-state index contributed by atoms with van der Waals surface area (Å²) in [5.41, 5.74) is 5.10. The van der Waals surface area contributed by atoms with Crippen molar-refractivity contribution in [3.05, 3.63) is 0 Å². The number of aromatic nitrogens is 4. The zero-order valence-corrected chi connectivity index (χ0v) is 7.37. The van der Waals surface area contributed by atoms with Crippen molar-refractivity contribution < 1.29 is 8.42 Å². The number of aromatic amines is 1. The van der Waals surface area contributed by atoms with E-state index in [0.29, 0.717) is 0 Å². The second-order valence-electron chi connectivity index (χ2n) is 2.02. The van der Waals surface area contributed by atoms with Crippen molar-refractivity contribution in [2.24, 2.45) is 5.73 Å². The zero-order chi connectivity index (χ0) is 9.73. The Morgan fingerprint density at radius 2 is 2.31 bits per heavy atom. The summed E-state index contributed by atoms with van der Waals surface area (Å²) in [5, 5.41) is 12.1. The van der Waals surface area contributed by atoms with Gasteiger partial charge in [0.15, 0.2) is 0 Å². The van der Waals surface area contributed by atoms with Gasteiger partial charge in [0, 0.05) is 13.1 Å². The summed E-state index contributed by atoms with van der Waals surface area (Å²) in [6.45, 7) is 0.361. The fourth-order valence-electron chi connectivity index (χ4n) is 0.555. The minimum absolute atomic E-state index is 0.121. The van der Waals surface area contributed by atoms with Crippen molar-refractivity contribution >= 4 is 16.2 Å². The third-order valence-corrected chi connectivity index (χ3v) is 2.04. The van der Waals surface area contributed by atoms with Crippen molar-refractivity contribution in [2.45, 2.75) is 0 Å². The van der Waals surface area contributed by atoms with Gasteiger partial charge in [-0.25, -0.2) is 4.72 Å². The summed E-state index contributed by atoms with van der Waals surface area (Å²) in [6.07, 6.45) is 0. The van der Waals surface area contributed by atoms with Gasteiger partial charge in [-0.1, -0.05) is 5.10 Å². The van der Waals surface area contributed by atoms with E-state index in [4.69, 9.17) is 5.73 Å². The third-order valence-electron chi connectivity index (χ3n) is 1.01. The lowest BCUT2D eigenvalue weighted by molar-refractivity contribution is 0.587. The van der Waals surface area contributed by atoms with Crippen molar-refractivity contribution in [3.63, 3.8) is 0 Å². The van der Waals surface area contributed by atoms with E-state index >= 15 is 0 Å². The minimum Gasteiger partial charge on any atom is -0.329 e. The van der Waals surface area contributed by atoms with Gasteiger partial charge in [-0.2, -0.15) is 18.4 Å². The van der Waals surface area contributed by atoms with E-state index in [0.717, 1.165) is 0 Å². The highest BCUT2D eigenvalue weighted by Gasteiger charge is 2.10. The van der Waals surface area contributed by atoms with E-state index < -0.39 is 10.2 Å². The van der Waals surface area contributed by atoms with Crippen molar-refractivity contribution in [1.29, 1.82) is 0 Å². The Balaban J connectivity index is 2.53. The minimum atomic E-state index is -3.63. The molecule has 0 radical (unpaired) electrons. The average molecular weight is 207 g/mol. The van der Waals surface area contributed by atoms with Crippen LogP contribution >= 0.6 is 0 Å². The molecule has 0 bridgehead atoms. The van der Waals surface area contributed by atoms with E-state index in [1.807, 2.05) is 4.72 Å². The van der Waals surface area contributed by atoms with Gasteiger partial charge in [0.1, 0.15) is 0 Å². The molecule has 13 heavy (non-hydrogen) atoms. The lowest BCUT2D eigenvalue weighted by Gasteiger charge is -2.03. The van der Waals surface area contributed by atoms with Crippen LogP contribution in [0.3, 0.4) is 0 Å². The highest BCUT2D eigenvalue weighted by atomic mass is 32.2. The maximum atomic E-state index is 11.1. The topological polar surface area (TPSA) is 139 Å². The zero-order valence-electron chi connectivity index (χ0n) is 6.56. The Kier molecular flexibility index (Phi) is 3.11. The first-order valence-electron chi connectivity index (χ1n) is 3.35. The quantitative estimate of drug-likeness (QED) is 0.417. The first kappa shape index (κ1) is 9.83. The molecule has 10 heteroatoms. The fourth-order valence-corrected chi connectivity index (χ4v) is 1.34. The molecule has 0 aromatic carbocycles. The average Bonchev–Trinajstić information content (AvgIpc) is 2.52. The molecule has 0 aliphatic carbocycles. The van der Waals surface area contributed by atoms with Crippen LogP contribution in [0.25, 0.3) is 0 Å². The Bertz CT molecular complexity index is 331. The predicted octanol–water partition coefficient (Wildman–Crippen LogP) is -2.60. The molecule has 0 fully saturated rings. The maximum Gasteiger partial charge on any atom is 0.301 e. The van der Waals surface area contributed by atoms with Gasteiger partial charge in [-0.05, 0) is 5.21 Å². The first-order valence-corrected chi connectivity index (χ1v) is 4.83. The van der Waals surface area contributed by atoms with E-state index in [1.165, 1.54) is 0 Å². The summed E-state index contributed by atoms with van der Waals surface area (Å²) >= 11 is 0. The van der Waals surface area contributed by atoms with Crippen LogP contribution in [0.15, 0.2) is 0 Å². The second kappa shape index (κ2) is 4.11. The number of H-pyrrole nitrogens is 1. The summed E-state index contributed by atoms with van der Waals surface area (Å²) < 4.78 is 26.3. The number of nitrogens with zero attached hydrogens (tertiary/aromatic N) is 3. The first-order chi connectivity index (χ1) is 6.14. The molecule has 0 saturated heterocycles. The molecule has 1 aromatic rings. The summed E-state index contributed by atoms with van der Waals surface area (Å²) in [6, 6.07) is 0. The van der Waals surface area contributed by atoms with E-state index in [2.05, 4.69) is 25.3 Å². The number of nitrogens with two attached hydrogens (primary N) is 1. The van der Waals surface area contributed by atoms with Crippen LogP contribution in [0.4, 0.5) is 5.95 Å². The summed E-state index contributed by atoms with van der Waals surface area (Å²) in [7, 11) is -3.63. The molecule has 1 aromatic heterocycles. The number of tetrazole rings is 1. The normalized spacial score (nSPS) is 11.5.